The van der Waals surface area contributed by atoms with Gasteiger partial charge in [0.05, 0.1) is 0 Å². The summed E-state index contributed by atoms with van der Waals surface area (Å²) >= 11 is 0. The van der Waals surface area contributed by atoms with Crippen LogP contribution in [0.15, 0.2) is 48.5 Å². The Kier molecular flexibility index (Phi) is 3.55. The van der Waals surface area contributed by atoms with Gasteiger partial charge >= 0.3 is 0 Å². The highest BCUT2D eigenvalue weighted by atomic mass is 16.1. The maximum atomic E-state index is 11.9. The number of hydrogen-bond acceptors (Lipinski definition) is 1. The number of amides is 1. The Morgan fingerprint density at radius 2 is 1.95 bits per heavy atom. The summed E-state index contributed by atoms with van der Waals surface area (Å²) in [5.74, 6) is 0.425. The fourth-order valence-corrected chi connectivity index (χ4v) is 2.91. The molecule has 0 bridgehead atoms. The second kappa shape index (κ2) is 5.49. The summed E-state index contributed by atoms with van der Waals surface area (Å²) in [4.78, 5) is 11.9. The Labute approximate surface area is 119 Å². The molecule has 1 amide bonds. The third-order valence-corrected chi connectivity index (χ3v) is 4.04. The van der Waals surface area contributed by atoms with Crippen molar-refractivity contribution >= 4 is 11.6 Å². The number of fused-ring (bicyclic) bond motifs is 1. The van der Waals surface area contributed by atoms with Crippen molar-refractivity contribution < 1.29 is 4.79 Å². The smallest absolute Gasteiger partial charge is 0.224 e. The molecule has 1 heterocycles. The van der Waals surface area contributed by atoms with E-state index >= 15 is 0 Å². The van der Waals surface area contributed by atoms with Crippen LogP contribution in [-0.2, 0) is 11.2 Å². The molecule has 2 aromatic carbocycles. The van der Waals surface area contributed by atoms with Crippen LogP contribution in [0.4, 0.5) is 5.69 Å². The van der Waals surface area contributed by atoms with Gasteiger partial charge < -0.3 is 5.32 Å². The third kappa shape index (κ3) is 2.46. The number of anilines is 1. The van der Waals surface area contributed by atoms with Gasteiger partial charge in [-0.1, -0.05) is 49.4 Å². The predicted molar refractivity (Wildman–Crippen MR) is 82.0 cm³/mol. The van der Waals surface area contributed by atoms with Gasteiger partial charge in [0.1, 0.15) is 0 Å². The molecular formula is C18H19NO. The lowest BCUT2D eigenvalue weighted by Gasteiger charge is -2.18. The van der Waals surface area contributed by atoms with Crippen LogP contribution in [0.1, 0.15) is 42.4 Å². The van der Waals surface area contributed by atoms with E-state index in [1.807, 2.05) is 6.07 Å². The average Bonchev–Trinajstić information content (AvgIpc) is 2.65. The Morgan fingerprint density at radius 1 is 1.15 bits per heavy atom. The van der Waals surface area contributed by atoms with Crippen molar-refractivity contribution in [3.05, 3.63) is 65.2 Å². The first-order valence-electron chi connectivity index (χ1n) is 7.25. The molecule has 2 nitrogen and oxygen atoms in total. The Bertz CT molecular complexity index is 619. The van der Waals surface area contributed by atoms with Crippen molar-refractivity contribution in [2.45, 2.75) is 32.1 Å². The fraction of sp³-hybridized carbons (Fsp3) is 0.278. The number of carbonyl (C=O) groups excluding carboxylic acids is 1. The molecule has 20 heavy (non-hydrogen) atoms. The first kappa shape index (κ1) is 12.9. The molecule has 1 aliphatic heterocycles. The molecule has 0 aromatic heterocycles. The van der Waals surface area contributed by atoms with Crippen LogP contribution in [0.2, 0.25) is 0 Å². The van der Waals surface area contributed by atoms with E-state index in [2.05, 4.69) is 54.7 Å². The number of rotatable bonds is 2. The summed E-state index contributed by atoms with van der Waals surface area (Å²) in [5.41, 5.74) is 4.77. The Morgan fingerprint density at radius 3 is 2.70 bits per heavy atom. The molecule has 0 saturated carbocycles. The number of nitrogens with one attached hydrogen (secondary N) is 1. The molecule has 1 aliphatic rings. The van der Waals surface area contributed by atoms with Gasteiger partial charge in [-0.15, -0.1) is 0 Å². The van der Waals surface area contributed by atoms with E-state index in [1.54, 1.807) is 0 Å². The highest BCUT2D eigenvalue weighted by Crippen LogP contribution is 2.36. The summed E-state index contributed by atoms with van der Waals surface area (Å²) < 4.78 is 0. The summed E-state index contributed by atoms with van der Waals surface area (Å²) in [7, 11) is 0. The minimum atomic E-state index is 0.123. The van der Waals surface area contributed by atoms with E-state index in [-0.39, 0.29) is 5.91 Å². The minimum Gasteiger partial charge on any atom is -0.326 e. The van der Waals surface area contributed by atoms with E-state index < -0.39 is 0 Å². The van der Waals surface area contributed by atoms with Gasteiger partial charge in [0.25, 0.3) is 0 Å². The zero-order chi connectivity index (χ0) is 13.9. The molecule has 2 aromatic rings. The molecule has 0 spiro atoms. The summed E-state index contributed by atoms with van der Waals surface area (Å²) in [6.07, 6.45) is 2.43. The van der Waals surface area contributed by atoms with Crippen molar-refractivity contribution in [2.24, 2.45) is 0 Å². The molecule has 0 saturated heterocycles. The van der Waals surface area contributed by atoms with Gasteiger partial charge in [-0.2, -0.15) is 0 Å². The molecule has 0 unspecified atom stereocenters. The van der Waals surface area contributed by atoms with Gasteiger partial charge in [-0.3, -0.25) is 4.79 Å². The third-order valence-electron chi connectivity index (χ3n) is 4.04. The first-order valence-corrected chi connectivity index (χ1v) is 7.25. The lowest BCUT2D eigenvalue weighted by atomic mass is 9.87. The molecule has 1 N–H and O–H groups in total. The topological polar surface area (TPSA) is 29.1 Å². The molecule has 0 aliphatic carbocycles. The van der Waals surface area contributed by atoms with Crippen molar-refractivity contribution in [3.8, 4) is 0 Å². The van der Waals surface area contributed by atoms with Crippen molar-refractivity contribution in [1.82, 2.24) is 0 Å². The van der Waals surface area contributed by atoms with E-state index in [0.717, 1.165) is 18.5 Å². The van der Waals surface area contributed by atoms with Crippen LogP contribution in [-0.4, -0.2) is 5.91 Å². The quantitative estimate of drug-likeness (QED) is 0.869. The standard InChI is InChI=1S/C18H19NO/c1-2-13-8-9-16-15(14-6-4-3-5-7-14)10-11-18(20)19-17(16)12-13/h3-9,12,15H,2,10-11H2,1H3,(H,19,20)/t15-/m0/s1. The largest absolute Gasteiger partial charge is 0.326 e. The number of carbonyl (C=O) groups is 1. The number of aryl methyl sites for hydroxylation is 1. The minimum absolute atomic E-state index is 0.123. The Hall–Kier alpha value is -2.09. The van der Waals surface area contributed by atoms with E-state index in [9.17, 15) is 4.79 Å². The molecule has 1 atom stereocenters. The van der Waals surface area contributed by atoms with Crippen LogP contribution in [0.3, 0.4) is 0 Å². The van der Waals surface area contributed by atoms with Crippen LogP contribution in [0, 0.1) is 0 Å². The van der Waals surface area contributed by atoms with Crippen LogP contribution >= 0.6 is 0 Å². The summed E-state index contributed by atoms with van der Waals surface area (Å²) in [6.45, 7) is 2.13. The molecule has 3 rings (SSSR count). The second-order valence-electron chi connectivity index (χ2n) is 5.33. The van der Waals surface area contributed by atoms with Gasteiger partial charge in [0.2, 0.25) is 5.91 Å². The maximum absolute atomic E-state index is 11.9. The molecular weight excluding hydrogens is 246 g/mol. The molecule has 0 fully saturated rings. The zero-order valence-corrected chi connectivity index (χ0v) is 11.7. The van der Waals surface area contributed by atoms with Crippen LogP contribution in [0.25, 0.3) is 0 Å². The number of benzene rings is 2. The normalized spacial score (nSPS) is 18.1. The van der Waals surface area contributed by atoms with Crippen molar-refractivity contribution in [3.63, 3.8) is 0 Å². The molecule has 0 radical (unpaired) electrons. The van der Waals surface area contributed by atoms with Gasteiger partial charge in [-0.25, -0.2) is 0 Å². The van der Waals surface area contributed by atoms with Gasteiger partial charge in [0, 0.05) is 18.0 Å². The SMILES string of the molecule is CCc1ccc2c(c1)NC(=O)CC[C@H]2c1ccccc1. The zero-order valence-electron chi connectivity index (χ0n) is 11.7. The lowest BCUT2D eigenvalue weighted by molar-refractivity contribution is -0.116. The van der Waals surface area contributed by atoms with Crippen LogP contribution in [0.5, 0.6) is 0 Å². The van der Waals surface area contributed by atoms with Gasteiger partial charge in [-0.05, 0) is 35.6 Å². The maximum Gasteiger partial charge on any atom is 0.224 e. The van der Waals surface area contributed by atoms with Gasteiger partial charge in [0.15, 0.2) is 0 Å². The highest BCUT2D eigenvalue weighted by Gasteiger charge is 2.23. The van der Waals surface area contributed by atoms with Crippen molar-refractivity contribution in [2.75, 3.05) is 5.32 Å². The highest BCUT2D eigenvalue weighted by molar-refractivity contribution is 5.92. The fourth-order valence-electron chi connectivity index (χ4n) is 2.91. The lowest BCUT2D eigenvalue weighted by Crippen LogP contribution is -2.09. The monoisotopic (exact) mass is 265 g/mol. The Balaban J connectivity index is 2.08. The average molecular weight is 265 g/mol. The predicted octanol–water partition coefficient (Wildman–Crippen LogP) is 4.11. The molecule has 2 heteroatoms. The van der Waals surface area contributed by atoms with Crippen molar-refractivity contribution in [1.29, 1.82) is 0 Å². The first-order chi connectivity index (χ1) is 9.78. The summed E-state index contributed by atoms with van der Waals surface area (Å²) in [5, 5.41) is 3.06. The second-order valence-corrected chi connectivity index (χ2v) is 5.33. The van der Waals surface area contributed by atoms with E-state index in [1.165, 1.54) is 16.7 Å². The van der Waals surface area contributed by atoms with E-state index in [0.29, 0.717) is 12.3 Å². The van der Waals surface area contributed by atoms with Crippen LogP contribution < -0.4 is 5.32 Å². The molecule has 102 valence electrons. The van der Waals surface area contributed by atoms with E-state index in [4.69, 9.17) is 0 Å². The summed E-state index contributed by atoms with van der Waals surface area (Å²) in [6, 6.07) is 16.9. The number of hydrogen-bond donors (Lipinski definition) is 1.